The van der Waals surface area contributed by atoms with Crippen LogP contribution >= 0.6 is 11.6 Å². The molecule has 0 fully saturated rings. The average molecular weight is 296 g/mol. The third-order valence-electron chi connectivity index (χ3n) is 3.34. The number of rotatable bonds is 7. The van der Waals surface area contributed by atoms with Gasteiger partial charge < -0.3 is 10.3 Å². The lowest BCUT2D eigenvalue weighted by molar-refractivity contribution is 0.486. The SMILES string of the molecule is CCCNC(Cc1c(Cl)c(C)nn1CC)c1ncc[nH]1. The minimum Gasteiger partial charge on any atom is -0.347 e. The minimum absolute atomic E-state index is 0.129. The fourth-order valence-electron chi connectivity index (χ4n) is 2.31. The Morgan fingerprint density at radius 3 is 2.85 bits per heavy atom. The molecule has 0 aliphatic rings. The maximum Gasteiger partial charge on any atom is 0.123 e. The van der Waals surface area contributed by atoms with Gasteiger partial charge in [0.15, 0.2) is 0 Å². The Hall–Kier alpha value is -1.33. The van der Waals surface area contributed by atoms with Crippen molar-refractivity contribution in [3.05, 3.63) is 34.6 Å². The van der Waals surface area contributed by atoms with Gasteiger partial charge in [-0.2, -0.15) is 5.10 Å². The highest BCUT2D eigenvalue weighted by Gasteiger charge is 2.20. The molecule has 2 aromatic heterocycles. The summed E-state index contributed by atoms with van der Waals surface area (Å²) in [4.78, 5) is 7.55. The third-order valence-corrected chi connectivity index (χ3v) is 3.83. The number of aryl methyl sites for hydroxylation is 2. The summed E-state index contributed by atoms with van der Waals surface area (Å²) in [7, 11) is 0. The smallest absolute Gasteiger partial charge is 0.123 e. The molecule has 20 heavy (non-hydrogen) atoms. The predicted octanol–water partition coefficient (Wildman–Crippen LogP) is 2.87. The quantitative estimate of drug-likeness (QED) is 0.826. The summed E-state index contributed by atoms with van der Waals surface area (Å²) in [5, 5.41) is 8.75. The molecule has 0 saturated carbocycles. The van der Waals surface area contributed by atoms with Crippen molar-refractivity contribution < 1.29 is 0 Å². The summed E-state index contributed by atoms with van der Waals surface area (Å²) < 4.78 is 1.97. The molecule has 0 aliphatic heterocycles. The van der Waals surface area contributed by atoms with Crippen LogP contribution in [-0.4, -0.2) is 26.3 Å². The third kappa shape index (κ3) is 3.22. The molecule has 2 N–H and O–H groups in total. The maximum absolute atomic E-state index is 6.39. The first-order chi connectivity index (χ1) is 9.67. The van der Waals surface area contributed by atoms with Gasteiger partial charge in [-0.25, -0.2) is 4.98 Å². The van der Waals surface area contributed by atoms with Crippen LogP contribution in [0.5, 0.6) is 0 Å². The van der Waals surface area contributed by atoms with Crippen molar-refractivity contribution >= 4 is 11.6 Å². The van der Waals surface area contributed by atoms with Crippen LogP contribution in [0.3, 0.4) is 0 Å². The number of nitrogens with zero attached hydrogens (tertiary/aromatic N) is 3. The second kappa shape index (κ2) is 6.90. The first-order valence-corrected chi connectivity index (χ1v) is 7.49. The van der Waals surface area contributed by atoms with Crippen molar-refractivity contribution in [1.29, 1.82) is 0 Å². The lowest BCUT2D eigenvalue weighted by Crippen LogP contribution is -2.26. The zero-order chi connectivity index (χ0) is 14.5. The molecule has 1 atom stereocenters. The molecule has 1 unspecified atom stereocenters. The molecule has 0 bridgehead atoms. The number of aromatic amines is 1. The highest BCUT2D eigenvalue weighted by molar-refractivity contribution is 6.31. The van der Waals surface area contributed by atoms with Gasteiger partial charge in [0, 0.05) is 25.4 Å². The summed E-state index contributed by atoms with van der Waals surface area (Å²) in [5.74, 6) is 0.941. The fourth-order valence-corrected chi connectivity index (χ4v) is 2.52. The zero-order valence-corrected chi connectivity index (χ0v) is 13.0. The Labute approximate surface area is 124 Å². The van der Waals surface area contributed by atoms with Crippen molar-refractivity contribution in [3.63, 3.8) is 0 Å². The number of nitrogens with one attached hydrogen (secondary N) is 2. The van der Waals surface area contributed by atoms with Gasteiger partial charge in [0.2, 0.25) is 0 Å². The van der Waals surface area contributed by atoms with E-state index in [0.717, 1.165) is 48.2 Å². The number of imidazole rings is 1. The second-order valence-corrected chi connectivity index (χ2v) is 5.23. The van der Waals surface area contributed by atoms with Gasteiger partial charge in [-0.05, 0) is 26.8 Å². The molecule has 0 aromatic carbocycles. The summed E-state index contributed by atoms with van der Waals surface area (Å²) in [6.07, 6.45) is 5.48. The van der Waals surface area contributed by atoms with E-state index in [9.17, 15) is 0 Å². The monoisotopic (exact) mass is 295 g/mol. The van der Waals surface area contributed by atoms with Crippen molar-refractivity contribution in [2.45, 2.75) is 46.2 Å². The molecule has 0 aliphatic carbocycles. The molecule has 0 spiro atoms. The molecular formula is C14H22ClN5. The van der Waals surface area contributed by atoms with Crippen molar-refractivity contribution in [2.24, 2.45) is 0 Å². The highest BCUT2D eigenvalue weighted by atomic mass is 35.5. The summed E-state index contributed by atoms with van der Waals surface area (Å²) in [6, 6.07) is 0.129. The van der Waals surface area contributed by atoms with Crippen LogP contribution in [0.4, 0.5) is 0 Å². The molecular weight excluding hydrogens is 274 g/mol. The molecule has 2 aromatic rings. The van der Waals surface area contributed by atoms with E-state index in [1.54, 1.807) is 6.20 Å². The summed E-state index contributed by atoms with van der Waals surface area (Å²) in [5.41, 5.74) is 1.95. The number of halogens is 1. The number of H-pyrrole nitrogens is 1. The van der Waals surface area contributed by atoms with Gasteiger partial charge in [0.05, 0.1) is 22.5 Å². The Bertz CT molecular complexity index is 532. The van der Waals surface area contributed by atoms with Crippen LogP contribution in [0, 0.1) is 6.92 Å². The van der Waals surface area contributed by atoms with E-state index in [4.69, 9.17) is 11.6 Å². The first-order valence-electron chi connectivity index (χ1n) is 7.11. The molecule has 2 heterocycles. The van der Waals surface area contributed by atoms with Gasteiger partial charge >= 0.3 is 0 Å². The highest BCUT2D eigenvalue weighted by Crippen LogP contribution is 2.25. The molecule has 110 valence electrons. The van der Waals surface area contributed by atoms with Crippen LogP contribution in [0.25, 0.3) is 0 Å². The predicted molar refractivity (Wildman–Crippen MR) is 81.0 cm³/mol. The van der Waals surface area contributed by atoms with Gasteiger partial charge in [0.1, 0.15) is 5.82 Å². The first kappa shape index (κ1) is 15.1. The molecule has 0 saturated heterocycles. The molecule has 0 radical (unpaired) electrons. The van der Waals surface area contributed by atoms with Gasteiger partial charge in [-0.3, -0.25) is 4.68 Å². The van der Waals surface area contributed by atoms with E-state index >= 15 is 0 Å². The Morgan fingerprint density at radius 1 is 1.45 bits per heavy atom. The normalized spacial score (nSPS) is 12.8. The van der Waals surface area contributed by atoms with Crippen LogP contribution < -0.4 is 5.32 Å². The Balaban J connectivity index is 2.23. The molecule has 0 amide bonds. The van der Waals surface area contributed by atoms with E-state index in [-0.39, 0.29) is 6.04 Å². The van der Waals surface area contributed by atoms with Crippen LogP contribution in [0.1, 0.15) is 43.5 Å². The average Bonchev–Trinajstić information content (AvgIpc) is 3.06. The van der Waals surface area contributed by atoms with E-state index in [0.29, 0.717) is 0 Å². The van der Waals surface area contributed by atoms with Crippen molar-refractivity contribution in [2.75, 3.05) is 6.54 Å². The Morgan fingerprint density at radius 2 is 2.25 bits per heavy atom. The zero-order valence-electron chi connectivity index (χ0n) is 12.3. The molecule has 6 heteroatoms. The van der Waals surface area contributed by atoms with Crippen LogP contribution in [0.2, 0.25) is 5.02 Å². The topological polar surface area (TPSA) is 58.5 Å². The standard InChI is InChI=1S/C14H22ClN5/c1-4-6-16-11(14-17-7-8-18-14)9-12-13(15)10(3)19-20(12)5-2/h7-8,11,16H,4-6,9H2,1-3H3,(H,17,18). The Kier molecular flexibility index (Phi) is 5.20. The lowest BCUT2D eigenvalue weighted by atomic mass is 10.1. The molecule has 2 rings (SSSR count). The second-order valence-electron chi connectivity index (χ2n) is 4.85. The van der Waals surface area contributed by atoms with E-state index < -0.39 is 0 Å². The van der Waals surface area contributed by atoms with E-state index in [1.165, 1.54) is 0 Å². The number of hydrogen-bond acceptors (Lipinski definition) is 3. The number of aromatic nitrogens is 4. The summed E-state index contributed by atoms with van der Waals surface area (Å²) >= 11 is 6.39. The van der Waals surface area contributed by atoms with Gasteiger partial charge in [-0.15, -0.1) is 0 Å². The van der Waals surface area contributed by atoms with E-state index in [2.05, 4.69) is 34.2 Å². The summed E-state index contributed by atoms with van der Waals surface area (Å²) in [6.45, 7) is 7.94. The molecule has 5 nitrogen and oxygen atoms in total. The number of hydrogen-bond donors (Lipinski definition) is 2. The minimum atomic E-state index is 0.129. The maximum atomic E-state index is 6.39. The van der Waals surface area contributed by atoms with Crippen molar-refractivity contribution in [1.82, 2.24) is 25.1 Å². The lowest BCUT2D eigenvalue weighted by Gasteiger charge is -2.17. The van der Waals surface area contributed by atoms with Gasteiger partial charge in [-0.1, -0.05) is 18.5 Å². The fraction of sp³-hybridized carbons (Fsp3) is 0.571. The van der Waals surface area contributed by atoms with E-state index in [1.807, 2.05) is 17.8 Å². The van der Waals surface area contributed by atoms with Gasteiger partial charge in [0.25, 0.3) is 0 Å². The van der Waals surface area contributed by atoms with Crippen LogP contribution in [-0.2, 0) is 13.0 Å². The van der Waals surface area contributed by atoms with Crippen LogP contribution in [0.15, 0.2) is 12.4 Å². The largest absolute Gasteiger partial charge is 0.347 e. The van der Waals surface area contributed by atoms with Crippen molar-refractivity contribution in [3.8, 4) is 0 Å².